The SMILES string of the molecule is NCC#Cc1ccnc(NC(=O)c2ccc(I)c(O)c2)c1. The molecular weight excluding hydrogens is 381 g/mol. The van der Waals surface area contributed by atoms with E-state index in [-0.39, 0.29) is 18.2 Å². The zero-order valence-corrected chi connectivity index (χ0v) is 13.1. The third kappa shape index (κ3) is 4.18. The van der Waals surface area contributed by atoms with Gasteiger partial charge in [-0.05, 0) is 52.9 Å². The van der Waals surface area contributed by atoms with Gasteiger partial charge in [-0.1, -0.05) is 11.8 Å². The van der Waals surface area contributed by atoms with Gasteiger partial charge in [0.15, 0.2) is 0 Å². The molecule has 1 aromatic heterocycles. The molecule has 0 fully saturated rings. The van der Waals surface area contributed by atoms with E-state index in [2.05, 4.69) is 22.1 Å². The van der Waals surface area contributed by atoms with E-state index < -0.39 is 0 Å². The Balaban J connectivity index is 2.17. The fourth-order valence-corrected chi connectivity index (χ4v) is 1.91. The van der Waals surface area contributed by atoms with E-state index in [9.17, 15) is 9.90 Å². The Bertz CT molecular complexity index is 735. The summed E-state index contributed by atoms with van der Waals surface area (Å²) in [6, 6.07) is 8.10. The van der Waals surface area contributed by atoms with E-state index >= 15 is 0 Å². The Labute approximate surface area is 135 Å². The average Bonchev–Trinajstić information content (AvgIpc) is 2.48. The lowest BCUT2D eigenvalue weighted by atomic mass is 10.2. The number of carbonyl (C=O) groups is 1. The van der Waals surface area contributed by atoms with Crippen molar-refractivity contribution in [1.29, 1.82) is 0 Å². The van der Waals surface area contributed by atoms with Gasteiger partial charge in [-0.2, -0.15) is 0 Å². The number of aromatic nitrogens is 1. The molecule has 0 radical (unpaired) electrons. The number of hydrogen-bond acceptors (Lipinski definition) is 4. The summed E-state index contributed by atoms with van der Waals surface area (Å²) in [5.41, 5.74) is 6.39. The monoisotopic (exact) mass is 393 g/mol. The van der Waals surface area contributed by atoms with Gasteiger partial charge in [-0.25, -0.2) is 4.98 Å². The maximum Gasteiger partial charge on any atom is 0.256 e. The number of carbonyl (C=O) groups excluding carboxylic acids is 1. The van der Waals surface area contributed by atoms with Crippen LogP contribution in [0.15, 0.2) is 36.5 Å². The molecule has 0 aliphatic heterocycles. The topological polar surface area (TPSA) is 88.2 Å². The van der Waals surface area contributed by atoms with Crippen LogP contribution < -0.4 is 11.1 Å². The molecule has 0 aliphatic rings. The van der Waals surface area contributed by atoms with Gasteiger partial charge in [0.1, 0.15) is 11.6 Å². The average molecular weight is 393 g/mol. The number of hydrogen-bond donors (Lipinski definition) is 3. The number of benzene rings is 1. The molecule has 1 amide bonds. The van der Waals surface area contributed by atoms with Gasteiger partial charge >= 0.3 is 0 Å². The lowest BCUT2D eigenvalue weighted by molar-refractivity contribution is 0.102. The Morgan fingerprint density at radius 1 is 1.38 bits per heavy atom. The van der Waals surface area contributed by atoms with Gasteiger partial charge < -0.3 is 16.2 Å². The standard InChI is InChI=1S/C15H12IN3O2/c16-12-4-3-11(9-13(12)20)15(21)19-14-8-10(2-1-6-17)5-7-18-14/h3-5,7-9,20H,6,17H2,(H,18,19,21). The van der Waals surface area contributed by atoms with Crippen LogP contribution in [0.25, 0.3) is 0 Å². The highest BCUT2D eigenvalue weighted by Gasteiger charge is 2.09. The molecule has 0 unspecified atom stereocenters. The Morgan fingerprint density at radius 3 is 2.90 bits per heavy atom. The molecular formula is C15H12IN3O2. The number of phenolic OH excluding ortho intramolecular Hbond substituents is 1. The largest absolute Gasteiger partial charge is 0.507 e. The van der Waals surface area contributed by atoms with Crippen molar-refractivity contribution in [1.82, 2.24) is 4.98 Å². The van der Waals surface area contributed by atoms with E-state index in [1.807, 2.05) is 22.6 Å². The highest BCUT2D eigenvalue weighted by atomic mass is 127. The predicted octanol–water partition coefficient (Wildman–Crippen LogP) is 1.95. The molecule has 2 aromatic rings. The van der Waals surface area contributed by atoms with Crippen LogP contribution in [0.4, 0.5) is 5.82 Å². The second-order valence-electron chi connectivity index (χ2n) is 4.06. The number of halogens is 1. The van der Waals surface area contributed by atoms with E-state index in [0.717, 1.165) is 5.56 Å². The summed E-state index contributed by atoms with van der Waals surface area (Å²) in [7, 11) is 0. The highest BCUT2D eigenvalue weighted by molar-refractivity contribution is 14.1. The number of nitrogens with zero attached hydrogens (tertiary/aromatic N) is 1. The molecule has 106 valence electrons. The first-order valence-corrected chi connectivity index (χ1v) is 7.13. The lowest BCUT2D eigenvalue weighted by Gasteiger charge is -2.06. The third-order valence-corrected chi connectivity index (χ3v) is 3.46. The van der Waals surface area contributed by atoms with Crippen molar-refractivity contribution in [3.05, 3.63) is 51.2 Å². The molecule has 2 rings (SSSR count). The summed E-state index contributed by atoms with van der Waals surface area (Å²) in [5.74, 6) is 5.71. The number of phenols is 1. The lowest BCUT2D eigenvalue weighted by Crippen LogP contribution is -2.13. The first-order chi connectivity index (χ1) is 10.1. The second-order valence-corrected chi connectivity index (χ2v) is 5.22. The minimum atomic E-state index is -0.349. The fraction of sp³-hybridized carbons (Fsp3) is 0.0667. The number of pyridine rings is 1. The Morgan fingerprint density at radius 2 is 2.19 bits per heavy atom. The molecule has 0 spiro atoms. The smallest absolute Gasteiger partial charge is 0.256 e. The molecule has 21 heavy (non-hydrogen) atoms. The molecule has 0 atom stereocenters. The summed E-state index contributed by atoms with van der Waals surface area (Å²) in [6.45, 7) is 0.270. The number of anilines is 1. The molecule has 0 aliphatic carbocycles. The van der Waals surface area contributed by atoms with Crippen molar-refractivity contribution >= 4 is 34.3 Å². The van der Waals surface area contributed by atoms with Gasteiger partial charge in [0.2, 0.25) is 0 Å². The molecule has 0 saturated carbocycles. The first kappa shape index (κ1) is 15.3. The summed E-state index contributed by atoms with van der Waals surface area (Å²) in [5, 5.41) is 12.3. The molecule has 1 aromatic carbocycles. The number of nitrogens with one attached hydrogen (secondary N) is 1. The maximum atomic E-state index is 12.1. The maximum absolute atomic E-state index is 12.1. The van der Waals surface area contributed by atoms with E-state index in [0.29, 0.717) is 15.0 Å². The van der Waals surface area contributed by atoms with Crippen molar-refractivity contribution < 1.29 is 9.90 Å². The van der Waals surface area contributed by atoms with E-state index in [4.69, 9.17) is 5.73 Å². The summed E-state index contributed by atoms with van der Waals surface area (Å²) < 4.78 is 0.682. The Kier molecular flexibility index (Phi) is 5.14. The van der Waals surface area contributed by atoms with Crippen LogP contribution in [0.2, 0.25) is 0 Å². The summed E-state index contributed by atoms with van der Waals surface area (Å²) in [4.78, 5) is 16.1. The zero-order chi connectivity index (χ0) is 15.2. The van der Waals surface area contributed by atoms with Crippen LogP contribution in [-0.4, -0.2) is 22.5 Å². The first-order valence-electron chi connectivity index (χ1n) is 6.05. The van der Waals surface area contributed by atoms with Crippen LogP contribution in [0, 0.1) is 15.4 Å². The molecule has 1 heterocycles. The summed E-state index contributed by atoms with van der Waals surface area (Å²) >= 11 is 1.99. The normalized spacial score (nSPS) is 9.62. The molecule has 5 nitrogen and oxygen atoms in total. The van der Waals surface area contributed by atoms with Gasteiger partial charge in [-0.15, -0.1) is 0 Å². The van der Waals surface area contributed by atoms with Gasteiger partial charge in [0.05, 0.1) is 10.1 Å². The quantitative estimate of drug-likeness (QED) is 0.538. The van der Waals surface area contributed by atoms with Gasteiger partial charge in [0.25, 0.3) is 5.91 Å². The number of rotatable bonds is 2. The molecule has 0 saturated heterocycles. The highest BCUT2D eigenvalue weighted by Crippen LogP contribution is 2.21. The van der Waals surface area contributed by atoms with Crippen LogP contribution in [-0.2, 0) is 0 Å². The number of nitrogens with two attached hydrogens (primary N) is 1. The van der Waals surface area contributed by atoms with Crippen molar-refractivity contribution in [2.45, 2.75) is 0 Å². The van der Waals surface area contributed by atoms with Gasteiger partial charge in [0, 0.05) is 17.3 Å². The predicted molar refractivity (Wildman–Crippen MR) is 88.9 cm³/mol. The number of aromatic hydroxyl groups is 1. The van der Waals surface area contributed by atoms with Gasteiger partial charge in [-0.3, -0.25) is 4.79 Å². The minimum absolute atomic E-state index is 0.0683. The molecule has 6 heteroatoms. The zero-order valence-electron chi connectivity index (χ0n) is 10.9. The van der Waals surface area contributed by atoms with Crippen LogP contribution in [0.1, 0.15) is 15.9 Å². The van der Waals surface area contributed by atoms with Crippen molar-refractivity contribution in [3.63, 3.8) is 0 Å². The molecule has 0 bridgehead atoms. The fourth-order valence-electron chi connectivity index (χ4n) is 1.57. The second kappa shape index (κ2) is 7.06. The minimum Gasteiger partial charge on any atom is -0.507 e. The van der Waals surface area contributed by atoms with Crippen LogP contribution in [0.3, 0.4) is 0 Å². The summed E-state index contributed by atoms with van der Waals surface area (Å²) in [6.07, 6.45) is 1.56. The van der Waals surface area contributed by atoms with Crippen molar-refractivity contribution in [3.8, 4) is 17.6 Å². The van der Waals surface area contributed by atoms with Crippen LogP contribution >= 0.6 is 22.6 Å². The van der Waals surface area contributed by atoms with E-state index in [1.165, 1.54) is 6.07 Å². The van der Waals surface area contributed by atoms with Crippen molar-refractivity contribution in [2.75, 3.05) is 11.9 Å². The Hall–Kier alpha value is -2.11. The third-order valence-electron chi connectivity index (χ3n) is 2.54. The number of amides is 1. The van der Waals surface area contributed by atoms with E-state index in [1.54, 1.807) is 30.5 Å². The van der Waals surface area contributed by atoms with Crippen LogP contribution in [0.5, 0.6) is 5.75 Å². The van der Waals surface area contributed by atoms with Crippen molar-refractivity contribution in [2.24, 2.45) is 5.73 Å². The molecule has 4 N–H and O–H groups in total.